The number of halogens is 4. The van der Waals surface area contributed by atoms with Gasteiger partial charge in [-0.2, -0.15) is 13.2 Å². The fourth-order valence-corrected chi connectivity index (χ4v) is 2.11. The first-order chi connectivity index (χ1) is 7.98. The van der Waals surface area contributed by atoms with Gasteiger partial charge in [0.25, 0.3) is 0 Å². The van der Waals surface area contributed by atoms with Crippen LogP contribution in [-0.2, 0) is 6.18 Å². The van der Waals surface area contributed by atoms with E-state index in [4.69, 9.17) is 0 Å². The molecular formula is C12H13F4N. The van der Waals surface area contributed by atoms with Gasteiger partial charge in [-0.1, -0.05) is 12.5 Å². The maximum atomic E-state index is 13.4. The van der Waals surface area contributed by atoms with Crippen LogP contribution >= 0.6 is 0 Å². The van der Waals surface area contributed by atoms with E-state index >= 15 is 0 Å². The monoisotopic (exact) mass is 247 g/mol. The first-order valence-electron chi connectivity index (χ1n) is 5.58. The van der Waals surface area contributed by atoms with Crippen molar-refractivity contribution in [2.45, 2.75) is 31.5 Å². The minimum atomic E-state index is -4.62. The van der Waals surface area contributed by atoms with Gasteiger partial charge in [-0.25, -0.2) is 4.39 Å². The smallest absolute Gasteiger partial charge is 0.310 e. The lowest BCUT2D eigenvalue weighted by Gasteiger charge is -2.24. The molecule has 0 spiro atoms. The Morgan fingerprint density at radius 3 is 2.47 bits per heavy atom. The molecule has 1 heterocycles. The van der Waals surface area contributed by atoms with E-state index in [9.17, 15) is 17.6 Å². The topological polar surface area (TPSA) is 12.0 Å². The van der Waals surface area contributed by atoms with E-state index in [2.05, 4.69) is 5.32 Å². The van der Waals surface area contributed by atoms with Crippen molar-refractivity contribution in [3.8, 4) is 0 Å². The molecule has 1 fully saturated rings. The van der Waals surface area contributed by atoms with Gasteiger partial charge < -0.3 is 5.32 Å². The Hall–Kier alpha value is -1.10. The number of rotatable bonds is 1. The molecular weight excluding hydrogens is 234 g/mol. The number of hydrogen-bond acceptors (Lipinski definition) is 1. The van der Waals surface area contributed by atoms with Crippen LogP contribution in [0.15, 0.2) is 18.2 Å². The lowest BCUT2D eigenvalue weighted by Crippen LogP contribution is -2.27. The summed E-state index contributed by atoms with van der Waals surface area (Å²) in [5.41, 5.74) is -0.604. The van der Waals surface area contributed by atoms with Crippen molar-refractivity contribution in [1.82, 2.24) is 5.32 Å². The molecule has 0 amide bonds. The third-order valence-corrected chi connectivity index (χ3v) is 3.01. The molecule has 0 bridgehead atoms. The van der Waals surface area contributed by atoms with Gasteiger partial charge in [-0.3, -0.25) is 0 Å². The molecule has 2 rings (SSSR count). The molecule has 1 aromatic rings. The van der Waals surface area contributed by atoms with Crippen molar-refractivity contribution >= 4 is 0 Å². The zero-order valence-corrected chi connectivity index (χ0v) is 9.15. The SMILES string of the molecule is Fc1cc([C@H]2CCCCN2)ccc1C(F)(F)F. The molecule has 1 nitrogen and oxygen atoms in total. The number of piperidine rings is 1. The fourth-order valence-electron chi connectivity index (χ4n) is 2.11. The van der Waals surface area contributed by atoms with Crippen LogP contribution in [0.1, 0.15) is 36.4 Å². The zero-order valence-electron chi connectivity index (χ0n) is 9.15. The third-order valence-electron chi connectivity index (χ3n) is 3.01. The van der Waals surface area contributed by atoms with Crippen LogP contribution in [0, 0.1) is 5.82 Å². The van der Waals surface area contributed by atoms with Crippen LogP contribution in [-0.4, -0.2) is 6.54 Å². The first-order valence-corrected chi connectivity index (χ1v) is 5.58. The van der Waals surface area contributed by atoms with E-state index in [0.29, 0.717) is 5.56 Å². The molecule has 0 aromatic heterocycles. The summed E-state index contributed by atoms with van der Waals surface area (Å²) in [6, 6.07) is 3.14. The highest BCUT2D eigenvalue weighted by molar-refractivity contribution is 5.28. The molecule has 5 heteroatoms. The predicted molar refractivity (Wildman–Crippen MR) is 56.0 cm³/mol. The highest BCUT2D eigenvalue weighted by Crippen LogP contribution is 2.33. The van der Waals surface area contributed by atoms with Gasteiger partial charge in [0, 0.05) is 6.04 Å². The van der Waals surface area contributed by atoms with Crippen molar-refractivity contribution in [2.24, 2.45) is 0 Å². The predicted octanol–water partition coefficient (Wildman–Crippen LogP) is 3.66. The Kier molecular flexibility index (Phi) is 3.38. The number of nitrogens with one attached hydrogen (secondary N) is 1. The zero-order chi connectivity index (χ0) is 12.5. The van der Waals surface area contributed by atoms with Gasteiger partial charge in [0.2, 0.25) is 0 Å². The van der Waals surface area contributed by atoms with Gasteiger partial charge in [0.1, 0.15) is 5.82 Å². The molecule has 94 valence electrons. The van der Waals surface area contributed by atoms with Crippen LogP contribution in [0.2, 0.25) is 0 Å². The average molecular weight is 247 g/mol. The molecule has 0 saturated carbocycles. The fraction of sp³-hybridized carbons (Fsp3) is 0.500. The standard InChI is InChI=1S/C12H13F4N/c13-10-7-8(11-3-1-2-6-17-11)4-5-9(10)12(14,15)16/h4-5,7,11,17H,1-3,6H2/t11-/m1/s1. The third kappa shape index (κ3) is 2.77. The van der Waals surface area contributed by atoms with Gasteiger partial charge in [0.05, 0.1) is 5.56 Å². The minimum Gasteiger partial charge on any atom is -0.310 e. The average Bonchev–Trinajstić information content (AvgIpc) is 2.28. The van der Waals surface area contributed by atoms with E-state index in [0.717, 1.165) is 37.9 Å². The van der Waals surface area contributed by atoms with Gasteiger partial charge in [0.15, 0.2) is 0 Å². The Morgan fingerprint density at radius 1 is 1.18 bits per heavy atom. The number of alkyl halides is 3. The molecule has 1 N–H and O–H groups in total. The molecule has 0 aliphatic carbocycles. The summed E-state index contributed by atoms with van der Waals surface area (Å²) in [6.07, 6.45) is -1.71. The van der Waals surface area contributed by atoms with Crippen LogP contribution in [0.5, 0.6) is 0 Å². The molecule has 0 unspecified atom stereocenters. The molecule has 1 aromatic carbocycles. The van der Waals surface area contributed by atoms with Crippen molar-refractivity contribution in [2.75, 3.05) is 6.54 Å². The number of hydrogen-bond donors (Lipinski definition) is 1. The van der Waals surface area contributed by atoms with E-state index in [1.807, 2.05) is 0 Å². The van der Waals surface area contributed by atoms with Crippen molar-refractivity contribution in [3.05, 3.63) is 35.1 Å². The second kappa shape index (κ2) is 4.64. The van der Waals surface area contributed by atoms with Crippen LogP contribution in [0.4, 0.5) is 17.6 Å². The van der Waals surface area contributed by atoms with Crippen molar-refractivity contribution < 1.29 is 17.6 Å². The van der Waals surface area contributed by atoms with Gasteiger partial charge in [-0.15, -0.1) is 0 Å². The summed E-state index contributed by atoms with van der Waals surface area (Å²) >= 11 is 0. The molecule has 1 aliphatic rings. The minimum absolute atomic E-state index is 0.0273. The summed E-state index contributed by atoms with van der Waals surface area (Å²) in [6.45, 7) is 0.827. The van der Waals surface area contributed by atoms with E-state index in [1.165, 1.54) is 6.07 Å². The summed E-state index contributed by atoms with van der Waals surface area (Å²) in [5.74, 6) is -1.19. The first kappa shape index (κ1) is 12.4. The van der Waals surface area contributed by atoms with E-state index in [-0.39, 0.29) is 6.04 Å². The summed E-state index contributed by atoms with van der Waals surface area (Å²) in [5, 5.41) is 3.17. The Labute approximate surface area is 96.8 Å². The summed E-state index contributed by atoms with van der Waals surface area (Å²) in [4.78, 5) is 0. The maximum Gasteiger partial charge on any atom is 0.419 e. The van der Waals surface area contributed by atoms with E-state index < -0.39 is 17.6 Å². The molecule has 1 atom stereocenters. The van der Waals surface area contributed by atoms with Crippen LogP contribution in [0.3, 0.4) is 0 Å². The van der Waals surface area contributed by atoms with Gasteiger partial charge >= 0.3 is 6.18 Å². The van der Waals surface area contributed by atoms with Crippen molar-refractivity contribution in [1.29, 1.82) is 0 Å². The van der Waals surface area contributed by atoms with Gasteiger partial charge in [-0.05, 0) is 37.1 Å². The summed E-state index contributed by atoms with van der Waals surface area (Å²) < 4.78 is 50.5. The quantitative estimate of drug-likeness (QED) is 0.747. The lowest BCUT2D eigenvalue weighted by atomic mass is 9.96. The molecule has 0 radical (unpaired) electrons. The van der Waals surface area contributed by atoms with E-state index in [1.54, 1.807) is 0 Å². The molecule has 1 aliphatic heterocycles. The number of benzene rings is 1. The maximum absolute atomic E-state index is 13.4. The summed E-state index contributed by atoms with van der Waals surface area (Å²) in [7, 11) is 0. The van der Waals surface area contributed by atoms with Crippen LogP contribution in [0.25, 0.3) is 0 Å². The Balaban J connectivity index is 2.24. The Morgan fingerprint density at radius 2 is 1.94 bits per heavy atom. The highest BCUT2D eigenvalue weighted by Gasteiger charge is 2.34. The largest absolute Gasteiger partial charge is 0.419 e. The second-order valence-electron chi connectivity index (χ2n) is 4.24. The second-order valence-corrected chi connectivity index (χ2v) is 4.24. The molecule has 17 heavy (non-hydrogen) atoms. The lowest BCUT2D eigenvalue weighted by molar-refractivity contribution is -0.140. The highest BCUT2D eigenvalue weighted by atomic mass is 19.4. The van der Waals surface area contributed by atoms with Crippen molar-refractivity contribution in [3.63, 3.8) is 0 Å². The molecule has 1 saturated heterocycles. The van der Waals surface area contributed by atoms with Crippen LogP contribution < -0.4 is 5.32 Å². The normalized spacial score (nSPS) is 21.5. The Bertz CT molecular complexity index is 394.